The summed E-state index contributed by atoms with van der Waals surface area (Å²) in [6.07, 6.45) is -2.50. The van der Waals surface area contributed by atoms with Crippen molar-refractivity contribution < 1.29 is 22.6 Å². The number of nitrogens with one attached hydrogen (secondary N) is 2. The maximum absolute atomic E-state index is 12.9. The number of aromatic nitrogens is 2. The number of hydrogen-bond acceptors (Lipinski definition) is 7. The summed E-state index contributed by atoms with van der Waals surface area (Å²) in [6, 6.07) is 10.4. The average Bonchev–Trinajstić information content (AvgIpc) is 2.75. The van der Waals surface area contributed by atoms with Crippen molar-refractivity contribution in [3.8, 4) is 11.5 Å². The number of methoxy groups -OCH3 is 2. The molecule has 3 aromatic rings. The van der Waals surface area contributed by atoms with Crippen LogP contribution in [0.2, 0.25) is 0 Å². The van der Waals surface area contributed by atoms with Crippen molar-refractivity contribution >= 4 is 23.0 Å². The van der Waals surface area contributed by atoms with E-state index in [1.165, 1.54) is 18.5 Å². The third kappa shape index (κ3) is 5.47. The summed E-state index contributed by atoms with van der Waals surface area (Å²) in [7, 11) is 3.14. The third-order valence-corrected chi connectivity index (χ3v) is 4.49. The second-order valence-electron chi connectivity index (χ2n) is 6.55. The van der Waals surface area contributed by atoms with Gasteiger partial charge in [-0.1, -0.05) is 12.1 Å². The van der Waals surface area contributed by atoms with Gasteiger partial charge < -0.3 is 25.8 Å². The zero-order chi connectivity index (χ0) is 22.4. The van der Waals surface area contributed by atoms with Crippen LogP contribution < -0.4 is 25.8 Å². The Morgan fingerprint density at radius 3 is 2.42 bits per heavy atom. The van der Waals surface area contributed by atoms with Crippen LogP contribution in [0.5, 0.6) is 11.5 Å². The Morgan fingerprint density at radius 2 is 1.71 bits per heavy atom. The molecule has 3 rings (SSSR count). The van der Waals surface area contributed by atoms with Crippen LogP contribution in [-0.4, -0.2) is 30.7 Å². The summed E-state index contributed by atoms with van der Waals surface area (Å²) in [6.45, 7) is 0.514. The Morgan fingerprint density at radius 1 is 0.968 bits per heavy atom. The number of nitrogen functional groups attached to an aromatic ring is 1. The number of alkyl halides is 3. The Hall–Kier alpha value is -3.69. The Bertz CT molecular complexity index is 1040. The lowest BCUT2D eigenvalue weighted by molar-refractivity contribution is -0.137. The van der Waals surface area contributed by atoms with Gasteiger partial charge in [0.05, 0.1) is 19.8 Å². The van der Waals surface area contributed by atoms with E-state index in [1.54, 1.807) is 14.2 Å². The Balaban J connectivity index is 1.67. The zero-order valence-corrected chi connectivity index (χ0v) is 17.0. The lowest BCUT2D eigenvalue weighted by Gasteiger charge is -2.14. The van der Waals surface area contributed by atoms with Crippen molar-refractivity contribution in [2.45, 2.75) is 12.6 Å². The van der Waals surface area contributed by atoms with Gasteiger partial charge in [0.2, 0.25) is 0 Å². The van der Waals surface area contributed by atoms with Crippen molar-refractivity contribution in [2.24, 2.45) is 0 Å². The molecule has 0 amide bonds. The number of nitrogens with zero attached hydrogens (tertiary/aromatic N) is 2. The molecule has 31 heavy (non-hydrogen) atoms. The summed E-state index contributed by atoms with van der Waals surface area (Å²) in [5.74, 6) is 1.87. The van der Waals surface area contributed by atoms with E-state index in [1.807, 2.05) is 18.2 Å². The van der Waals surface area contributed by atoms with Gasteiger partial charge in [0.15, 0.2) is 23.1 Å². The van der Waals surface area contributed by atoms with E-state index >= 15 is 0 Å². The number of ether oxygens (including phenoxy) is 2. The van der Waals surface area contributed by atoms with Gasteiger partial charge in [-0.3, -0.25) is 0 Å². The third-order valence-electron chi connectivity index (χ3n) is 4.49. The molecule has 0 aliphatic rings. The van der Waals surface area contributed by atoms with Crippen LogP contribution in [0.4, 0.5) is 36.2 Å². The van der Waals surface area contributed by atoms with E-state index in [2.05, 4.69) is 20.6 Å². The molecule has 1 heterocycles. The first-order valence-corrected chi connectivity index (χ1v) is 9.31. The highest BCUT2D eigenvalue weighted by Crippen LogP contribution is 2.32. The molecule has 164 valence electrons. The molecular weight excluding hydrogens is 411 g/mol. The lowest BCUT2D eigenvalue weighted by atomic mass is 10.1. The normalized spacial score (nSPS) is 11.1. The highest BCUT2D eigenvalue weighted by molar-refractivity contribution is 5.77. The number of anilines is 4. The molecule has 0 aliphatic heterocycles. The van der Waals surface area contributed by atoms with E-state index in [0.29, 0.717) is 30.3 Å². The number of nitrogens with two attached hydrogens (primary N) is 1. The summed E-state index contributed by atoms with van der Waals surface area (Å²) in [5, 5.41) is 5.94. The van der Waals surface area contributed by atoms with Crippen molar-refractivity contribution in [1.29, 1.82) is 0 Å². The predicted molar refractivity (Wildman–Crippen MR) is 113 cm³/mol. The standard InChI is InChI=1S/C21H22F3N5O2/c1-30-16-7-6-13(10-17(16)31-2)8-9-26-19-18(25)20(28-12-27-19)29-15-5-3-4-14(11-15)21(22,23)24/h3-7,10-12H,8-9,25H2,1-2H3,(H2,26,27,28,29). The molecule has 0 spiro atoms. The maximum Gasteiger partial charge on any atom is 0.416 e. The quantitative estimate of drug-likeness (QED) is 0.482. The SMILES string of the molecule is COc1ccc(CCNc2ncnc(Nc3cccc(C(F)(F)F)c3)c2N)cc1OC. The fraction of sp³-hybridized carbons (Fsp3) is 0.238. The van der Waals surface area contributed by atoms with Crippen molar-refractivity contribution in [3.05, 3.63) is 59.9 Å². The van der Waals surface area contributed by atoms with Crippen LogP contribution in [0.25, 0.3) is 0 Å². The molecule has 2 aromatic carbocycles. The topological polar surface area (TPSA) is 94.3 Å². The van der Waals surface area contributed by atoms with Crippen LogP contribution in [-0.2, 0) is 12.6 Å². The second-order valence-corrected chi connectivity index (χ2v) is 6.55. The van der Waals surface area contributed by atoms with Crippen LogP contribution in [0.15, 0.2) is 48.8 Å². The first-order chi connectivity index (χ1) is 14.8. The maximum atomic E-state index is 12.9. The fourth-order valence-electron chi connectivity index (χ4n) is 2.91. The predicted octanol–water partition coefficient (Wildman–Crippen LogP) is 4.49. The summed E-state index contributed by atoms with van der Waals surface area (Å²) in [4.78, 5) is 8.15. The van der Waals surface area contributed by atoms with Gasteiger partial charge in [0, 0.05) is 12.2 Å². The molecule has 10 heteroatoms. The van der Waals surface area contributed by atoms with Gasteiger partial charge in [-0.05, 0) is 42.3 Å². The molecule has 0 fully saturated rings. The molecular formula is C21H22F3N5O2. The van der Waals surface area contributed by atoms with E-state index in [-0.39, 0.29) is 17.2 Å². The highest BCUT2D eigenvalue weighted by atomic mass is 19.4. The minimum Gasteiger partial charge on any atom is -0.493 e. The van der Waals surface area contributed by atoms with Gasteiger partial charge in [-0.2, -0.15) is 13.2 Å². The molecule has 0 radical (unpaired) electrons. The minimum absolute atomic E-state index is 0.201. The number of rotatable bonds is 8. The molecule has 0 unspecified atom stereocenters. The van der Waals surface area contributed by atoms with Gasteiger partial charge in [0.25, 0.3) is 0 Å². The molecule has 0 bridgehead atoms. The first-order valence-electron chi connectivity index (χ1n) is 9.31. The minimum atomic E-state index is -4.44. The average molecular weight is 433 g/mol. The molecule has 0 saturated carbocycles. The molecule has 0 aliphatic carbocycles. The molecule has 0 atom stereocenters. The van der Waals surface area contributed by atoms with Crippen LogP contribution in [0.1, 0.15) is 11.1 Å². The fourth-order valence-corrected chi connectivity index (χ4v) is 2.91. The van der Waals surface area contributed by atoms with Crippen LogP contribution >= 0.6 is 0 Å². The molecule has 0 saturated heterocycles. The number of halogens is 3. The van der Waals surface area contributed by atoms with Crippen LogP contribution in [0.3, 0.4) is 0 Å². The Kier molecular flexibility index (Phi) is 6.68. The van der Waals surface area contributed by atoms with Crippen molar-refractivity contribution in [2.75, 3.05) is 37.1 Å². The van der Waals surface area contributed by atoms with Gasteiger partial charge in [-0.15, -0.1) is 0 Å². The van der Waals surface area contributed by atoms with Crippen molar-refractivity contribution in [3.63, 3.8) is 0 Å². The van der Waals surface area contributed by atoms with E-state index in [0.717, 1.165) is 17.7 Å². The summed E-state index contributed by atoms with van der Waals surface area (Å²) < 4.78 is 49.3. The molecule has 1 aromatic heterocycles. The Labute approximate surface area is 177 Å². The van der Waals surface area contributed by atoms with E-state index in [9.17, 15) is 13.2 Å². The van der Waals surface area contributed by atoms with E-state index < -0.39 is 11.7 Å². The summed E-state index contributed by atoms with van der Waals surface area (Å²) >= 11 is 0. The smallest absolute Gasteiger partial charge is 0.416 e. The second kappa shape index (κ2) is 9.41. The lowest BCUT2D eigenvalue weighted by Crippen LogP contribution is -2.11. The molecule has 7 nitrogen and oxygen atoms in total. The van der Waals surface area contributed by atoms with Crippen molar-refractivity contribution in [1.82, 2.24) is 9.97 Å². The summed E-state index contributed by atoms with van der Waals surface area (Å²) in [5.41, 5.74) is 6.78. The highest BCUT2D eigenvalue weighted by Gasteiger charge is 2.30. The first kappa shape index (κ1) is 22.0. The van der Waals surface area contributed by atoms with E-state index in [4.69, 9.17) is 15.2 Å². The van der Waals surface area contributed by atoms with Gasteiger partial charge in [-0.25, -0.2) is 9.97 Å². The molecule has 4 N–H and O–H groups in total. The monoisotopic (exact) mass is 433 g/mol. The largest absolute Gasteiger partial charge is 0.493 e. The number of hydrogen-bond donors (Lipinski definition) is 3. The van der Waals surface area contributed by atoms with Gasteiger partial charge >= 0.3 is 6.18 Å². The van der Waals surface area contributed by atoms with Crippen LogP contribution in [0, 0.1) is 0 Å². The zero-order valence-electron chi connectivity index (χ0n) is 17.0. The van der Waals surface area contributed by atoms with Gasteiger partial charge in [0.1, 0.15) is 12.0 Å². The number of benzene rings is 2.